The predicted molar refractivity (Wildman–Crippen MR) is 79.6 cm³/mol. The van der Waals surface area contributed by atoms with E-state index in [0.717, 1.165) is 13.0 Å². The third kappa shape index (κ3) is 1.65. The van der Waals surface area contributed by atoms with Crippen molar-refractivity contribution in [1.82, 2.24) is 0 Å². The van der Waals surface area contributed by atoms with Crippen LogP contribution in [-0.2, 0) is 10.8 Å². The monoisotopic (exact) mass is 301 g/mol. The van der Waals surface area contributed by atoms with Crippen molar-refractivity contribution in [2.45, 2.75) is 52.2 Å². The first-order valence-corrected chi connectivity index (χ1v) is 6.09. The molecule has 6 heteroatoms. The van der Waals surface area contributed by atoms with Crippen molar-refractivity contribution in [3.05, 3.63) is 43.5 Å². The second kappa shape index (κ2) is 4.02. The van der Waals surface area contributed by atoms with E-state index < -0.39 is 69.1 Å². The molecule has 114 valence electrons. The molecule has 0 N–H and O–H groups in total. The number of hydrogen-bond acceptors (Lipinski definition) is 4. The molecule has 21 heavy (non-hydrogen) atoms. The van der Waals surface area contributed by atoms with Gasteiger partial charge >= 0.3 is 11.4 Å². The highest BCUT2D eigenvalue weighted by Gasteiger charge is 2.60. The maximum atomic E-state index is 11.8. The summed E-state index contributed by atoms with van der Waals surface area (Å²) in [6.45, 7) is -6.82. The van der Waals surface area contributed by atoms with Gasteiger partial charge in [-0.05, 0) is 16.4 Å². The molecular weight excluding hydrogens is 272 g/mol. The second-order valence-corrected chi connectivity index (χ2v) is 5.87. The first-order chi connectivity index (χ1) is 13.1. The highest BCUT2D eigenvalue weighted by Crippen LogP contribution is 2.64. The molecule has 1 aliphatic carbocycles. The van der Waals surface area contributed by atoms with Gasteiger partial charge in [-0.3, -0.25) is 20.2 Å². The standard InChI is InChI=1S/C15H20N2O4/c1-13(2)9-7-8-10(16(18)19)12(17(20)21)11(9)14(3,4)15(13,5)6/h7-8H,1-6H3/i1D3,2D3,5D3. The van der Waals surface area contributed by atoms with Gasteiger partial charge in [0.15, 0.2) is 0 Å². The molecule has 0 aromatic heterocycles. The van der Waals surface area contributed by atoms with Gasteiger partial charge in [0.25, 0.3) is 0 Å². The maximum Gasteiger partial charge on any atom is 0.350 e. The van der Waals surface area contributed by atoms with Gasteiger partial charge in [-0.1, -0.05) is 47.4 Å². The predicted octanol–water partition coefficient (Wildman–Crippen LogP) is 4.10. The zero-order valence-corrected chi connectivity index (χ0v) is 11.7. The van der Waals surface area contributed by atoms with Gasteiger partial charge in [0.05, 0.1) is 9.85 Å². The van der Waals surface area contributed by atoms with E-state index in [0.29, 0.717) is 6.07 Å². The Labute approximate surface area is 136 Å². The summed E-state index contributed by atoms with van der Waals surface area (Å²) in [6.07, 6.45) is 0. The molecule has 0 heterocycles. The van der Waals surface area contributed by atoms with Crippen molar-refractivity contribution in [3.8, 4) is 0 Å². The molecule has 0 aliphatic heterocycles. The van der Waals surface area contributed by atoms with Crippen LogP contribution in [0, 0.1) is 25.6 Å². The molecule has 2 rings (SSSR count). The van der Waals surface area contributed by atoms with Gasteiger partial charge in [-0.15, -0.1) is 0 Å². The first-order valence-electron chi connectivity index (χ1n) is 10.6. The van der Waals surface area contributed by atoms with E-state index >= 15 is 0 Å². The number of benzene rings is 1. The Morgan fingerprint density at radius 1 is 1.00 bits per heavy atom. The number of nitro groups is 2. The number of rotatable bonds is 2. The van der Waals surface area contributed by atoms with Gasteiger partial charge in [0.1, 0.15) is 0 Å². The topological polar surface area (TPSA) is 86.3 Å². The Balaban J connectivity index is 3.36. The summed E-state index contributed by atoms with van der Waals surface area (Å²) in [5.41, 5.74) is -10.9. The number of hydrogen-bond donors (Lipinski definition) is 0. The molecule has 6 nitrogen and oxygen atoms in total. The minimum atomic E-state index is -3.45. The van der Waals surface area contributed by atoms with Crippen LogP contribution in [0.5, 0.6) is 0 Å². The molecular formula is C15H20N2O4. The first kappa shape index (κ1) is 7.33. The minimum absolute atomic E-state index is 0.562. The molecule has 1 aliphatic rings. The average Bonchev–Trinajstić information content (AvgIpc) is 2.67. The Hall–Kier alpha value is -1.98. The van der Waals surface area contributed by atoms with Crippen molar-refractivity contribution in [3.63, 3.8) is 0 Å². The van der Waals surface area contributed by atoms with E-state index in [-0.39, 0.29) is 0 Å². The van der Waals surface area contributed by atoms with Gasteiger partial charge in [-0.25, -0.2) is 0 Å². The number of nitrogens with zero attached hydrogens (tertiary/aromatic N) is 2. The molecule has 0 saturated heterocycles. The third-order valence-electron chi connectivity index (χ3n) is 4.56. The van der Waals surface area contributed by atoms with Gasteiger partial charge in [-0.2, -0.15) is 0 Å². The molecule has 1 atom stereocenters. The average molecular weight is 301 g/mol. The van der Waals surface area contributed by atoms with Crippen LogP contribution in [0.15, 0.2) is 12.1 Å². The van der Waals surface area contributed by atoms with Crippen LogP contribution >= 0.6 is 0 Å². The summed E-state index contributed by atoms with van der Waals surface area (Å²) in [5, 5.41) is 23.2. The molecule has 0 fully saturated rings. The van der Waals surface area contributed by atoms with E-state index in [1.165, 1.54) is 13.8 Å². The molecule has 1 aromatic carbocycles. The lowest BCUT2D eigenvalue weighted by Crippen LogP contribution is -2.42. The highest BCUT2D eigenvalue weighted by molar-refractivity contribution is 5.67. The summed E-state index contributed by atoms with van der Waals surface area (Å²) >= 11 is 0. The maximum absolute atomic E-state index is 11.8. The normalized spacial score (nSPS) is 33.6. The van der Waals surface area contributed by atoms with Crippen molar-refractivity contribution in [1.29, 1.82) is 0 Å². The largest absolute Gasteiger partial charge is 0.350 e. The van der Waals surface area contributed by atoms with Crippen LogP contribution in [-0.4, -0.2) is 9.85 Å². The summed E-state index contributed by atoms with van der Waals surface area (Å²) in [7, 11) is 0. The minimum Gasteiger partial charge on any atom is -0.258 e. The lowest BCUT2D eigenvalue weighted by atomic mass is 9.59. The Bertz CT molecular complexity index is 920. The molecule has 0 spiro atoms. The van der Waals surface area contributed by atoms with E-state index in [2.05, 4.69) is 0 Å². The van der Waals surface area contributed by atoms with Crippen molar-refractivity contribution >= 4 is 11.4 Å². The highest BCUT2D eigenvalue weighted by atomic mass is 16.6. The zero-order chi connectivity index (χ0) is 23.9. The van der Waals surface area contributed by atoms with Gasteiger partial charge in [0.2, 0.25) is 0 Å². The summed E-state index contributed by atoms with van der Waals surface area (Å²) in [4.78, 5) is 21.1. The Morgan fingerprint density at radius 3 is 2.05 bits per heavy atom. The van der Waals surface area contributed by atoms with Crippen LogP contribution in [0.4, 0.5) is 11.4 Å². The van der Waals surface area contributed by atoms with E-state index in [4.69, 9.17) is 12.3 Å². The van der Waals surface area contributed by atoms with E-state index in [9.17, 15) is 20.2 Å². The fourth-order valence-corrected chi connectivity index (χ4v) is 2.85. The fraction of sp³-hybridized carbons (Fsp3) is 0.600. The van der Waals surface area contributed by atoms with Crippen LogP contribution in [0.1, 0.15) is 64.8 Å². The Kier molecular flexibility index (Phi) is 1.41. The molecule has 0 radical (unpaired) electrons. The summed E-state index contributed by atoms with van der Waals surface area (Å²) < 4.78 is 73.0. The van der Waals surface area contributed by atoms with Crippen molar-refractivity contribution in [2.75, 3.05) is 0 Å². The summed E-state index contributed by atoms with van der Waals surface area (Å²) in [5.74, 6) is 0. The third-order valence-corrected chi connectivity index (χ3v) is 4.56. The van der Waals surface area contributed by atoms with Crippen LogP contribution in [0.3, 0.4) is 0 Å². The van der Waals surface area contributed by atoms with E-state index in [1.807, 2.05) is 0 Å². The fourth-order valence-electron chi connectivity index (χ4n) is 2.85. The van der Waals surface area contributed by atoms with Crippen molar-refractivity contribution in [2.24, 2.45) is 5.41 Å². The molecule has 1 unspecified atom stereocenters. The lowest BCUT2D eigenvalue weighted by molar-refractivity contribution is -0.423. The summed E-state index contributed by atoms with van der Waals surface area (Å²) in [6, 6.07) is 1.49. The Morgan fingerprint density at radius 2 is 1.62 bits per heavy atom. The van der Waals surface area contributed by atoms with Gasteiger partial charge < -0.3 is 0 Å². The molecule has 0 amide bonds. The second-order valence-electron chi connectivity index (χ2n) is 5.87. The smallest absolute Gasteiger partial charge is 0.258 e. The molecule has 0 bridgehead atoms. The van der Waals surface area contributed by atoms with Crippen LogP contribution in [0.25, 0.3) is 0 Å². The van der Waals surface area contributed by atoms with Crippen LogP contribution < -0.4 is 0 Å². The lowest BCUT2D eigenvalue weighted by Gasteiger charge is -2.44. The van der Waals surface area contributed by atoms with Gasteiger partial charge in [0, 0.05) is 29.4 Å². The van der Waals surface area contributed by atoms with Crippen molar-refractivity contribution < 1.29 is 22.2 Å². The number of fused-ring (bicyclic) bond motifs is 1. The molecule has 0 saturated carbocycles. The SMILES string of the molecule is [2H]C([2H])([2H])C1(C)C(C)(C)c2c(ccc([N+](=O)[O-])c2[N+](=O)[O-])C1(C([2H])([2H])[2H])C([2H])([2H])[2H]. The molecule has 1 aromatic rings. The van der Waals surface area contributed by atoms with Crippen LogP contribution in [0.2, 0.25) is 0 Å². The zero-order valence-electron chi connectivity index (χ0n) is 20.7. The quantitative estimate of drug-likeness (QED) is 0.608. The van der Waals surface area contributed by atoms with E-state index in [1.54, 1.807) is 0 Å². The number of nitro benzene ring substituents is 2.